The molecule has 0 heterocycles. The van der Waals surface area contributed by atoms with Gasteiger partial charge in [0, 0.05) is 10.6 Å². The zero-order valence-corrected chi connectivity index (χ0v) is 9.42. The van der Waals surface area contributed by atoms with Gasteiger partial charge in [0.15, 0.2) is 0 Å². The van der Waals surface area contributed by atoms with Crippen molar-refractivity contribution in [2.24, 2.45) is 0 Å². The second-order valence-electron chi connectivity index (χ2n) is 3.50. The zero-order chi connectivity index (χ0) is 10.7. The third kappa shape index (κ3) is 2.24. The monoisotopic (exact) mass is 220 g/mol. The highest BCUT2D eigenvalue weighted by Gasteiger charge is 2.11. The molecular weight excluding hydrogens is 208 g/mol. The molecule has 1 aliphatic carbocycles. The predicted octanol–water partition coefficient (Wildman–Crippen LogP) is 4.05. The topological polar surface area (TPSA) is 9.23 Å². The molecule has 15 heavy (non-hydrogen) atoms. The highest BCUT2D eigenvalue weighted by atomic mass is 35.5. The van der Waals surface area contributed by atoms with Crippen LogP contribution in [0.1, 0.15) is 18.4 Å². The highest BCUT2D eigenvalue weighted by molar-refractivity contribution is 6.30. The molecule has 0 saturated heterocycles. The van der Waals surface area contributed by atoms with E-state index in [1.54, 1.807) is 7.11 Å². The van der Waals surface area contributed by atoms with Gasteiger partial charge < -0.3 is 4.74 Å². The fourth-order valence-electron chi connectivity index (χ4n) is 1.80. The molecule has 0 fully saturated rings. The van der Waals surface area contributed by atoms with Crippen molar-refractivity contribution >= 4 is 17.2 Å². The molecule has 0 radical (unpaired) electrons. The lowest BCUT2D eigenvalue weighted by atomic mass is 9.96. The lowest BCUT2D eigenvalue weighted by Gasteiger charge is -2.15. The summed E-state index contributed by atoms with van der Waals surface area (Å²) in [6, 6.07) is 7.90. The van der Waals surface area contributed by atoms with Gasteiger partial charge in [-0.05, 0) is 36.6 Å². The molecule has 1 nitrogen and oxygen atoms in total. The first-order chi connectivity index (χ1) is 7.31. The van der Waals surface area contributed by atoms with Gasteiger partial charge in [-0.3, -0.25) is 0 Å². The minimum absolute atomic E-state index is 0.769. The molecule has 1 aromatic rings. The zero-order valence-electron chi connectivity index (χ0n) is 8.66. The van der Waals surface area contributed by atoms with Gasteiger partial charge in [-0.2, -0.15) is 0 Å². The van der Waals surface area contributed by atoms with Gasteiger partial charge in [-0.25, -0.2) is 0 Å². The Kier molecular flexibility index (Phi) is 3.12. The van der Waals surface area contributed by atoms with Crippen molar-refractivity contribution in [3.8, 4) is 0 Å². The summed E-state index contributed by atoms with van der Waals surface area (Å²) in [5, 5.41) is 0.769. The second kappa shape index (κ2) is 4.54. The van der Waals surface area contributed by atoms with Crippen LogP contribution in [0.25, 0.3) is 5.57 Å². The Balaban J connectivity index is 2.44. The second-order valence-corrected chi connectivity index (χ2v) is 3.93. The maximum absolute atomic E-state index is 5.97. The van der Waals surface area contributed by atoms with Crippen molar-refractivity contribution < 1.29 is 4.74 Å². The molecule has 0 N–H and O–H groups in total. The Bertz CT molecular complexity index is 418. The molecule has 2 rings (SSSR count). The van der Waals surface area contributed by atoms with Gasteiger partial charge in [0.2, 0.25) is 0 Å². The molecule has 0 saturated carbocycles. The van der Waals surface area contributed by atoms with Crippen molar-refractivity contribution in [1.82, 2.24) is 0 Å². The first-order valence-corrected chi connectivity index (χ1v) is 5.38. The van der Waals surface area contributed by atoms with Crippen LogP contribution >= 0.6 is 11.6 Å². The number of ether oxygens (including phenoxy) is 1. The van der Waals surface area contributed by atoms with Gasteiger partial charge >= 0.3 is 0 Å². The van der Waals surface area contributed by atoms with Crippen LogP contribution in [0.3, 0.4) is 0 Å². The van der Waals surface area contributed by atoms with Crippen LogP contribution in [0.4, 0.5) is 0 Å². The number of hydrogen-bond acceptors (Lipinski definition) is 1. The number of methoxy groups -OCH3 is 1. The van der Waals surface area contributed by atoms with Crippen molar-refractivity contribution in [2.75, 3.05) is 7.11 Å². The van der Waals surface area contributed by atoms with Gasteiger partial charge in [0.25, 0.3) is 0 Å². The van der Waals surface area contributed by atoms with E-state index in [9.17, 15) is 0 Å². The first kappa shape index (κ1) is 10.3. The molecule has 0 spiro atoms. The third-order valence-electron chi connectivity index (χ3n) is 2.52. The molecule has 2 heteroatoms. The summed E-state index contributed by atoms with van der Waals surface area (Å²) in [5.41, 5.74) is 2.39. The number of halogens is 1. The molecule has 0 atom stereocenters. The van der Waals surface area contributed by atoms with Crippen molar-refractivity contribution in [3.63, 3.8) is 0 Å². The van der Waals surface area contributed by atoms with E-state index in [0.717, 1.165) is 29.2 Å². The molecule has 0 bridgehead atoms. The van der Waals surface area contributed by atoms with E-state index >= 15 is 0 Å². The third-order valence-corrected chi connectivity index (χ3v) is 2.76. The lowest BCUT2D eigenvalue weighted by molar-refractivity contribution is 0.306. The van der Waals surface area contributed by atoms with Crippen LogP contribution in [0, 0.1) is 0 Å². The average molecular weight is 221 g/mol. The fourth-order valence-corrected chi connectivity index (χ4v) is 1.99. The van der Waals surface area contributed by atoms with E-state index in [-0.39, 0.29) is 0 Å². The standard InChI is InChI=1S/C13H13ClO/c1-15-13-8-3-2-7-12(13)10-5-4-6-11(14)9-10/h3-6,8-9H,2,7H2,1H3. The Hall–Kier alpha value is -1.21. The maximum atomic E-state index is 5.97. The predicted molar refractivity (Wildman–Crippen MR) is 63.8 cm³/mol. The molecule has 0 aliphatic heterocycles. The summed E-state index contributed by atoms with van der Waals surface area (Å²) in [5.74, 6) is 0.948. The van der Waals surface area contributed by atoms with Crippen LogP contribution in [0.2, 0.25) is 5.02 Å². The number of benzene rings is 1. The van der Waals surface area contributed by atoms with E-state index in [2.05, 4.69) is 12.1 Å². The van der Waals surface area contributed by atoms with E-state index in [0.29, 0.717) is 0 Å². The molecule has 0 unspecified atom stereocenters. The Morgan fingerprint density at radius 3 is 2.93 bits per heavy atom. The van der Waals surface area contributed by atoms with Crippen LogP contribution in [-0.4, -0.2) is 7.11 Å². The molecule has 1 aromatic carbocycles. The van der Waals surface area contributed by atoms with Gasteiger partial charge in [-0.1, -0.05) is 29.8 Å². The highest BCUT2D eigenvalue weighted by Crippen LogP contribution is 2.29. The number of allylic oxidation sites excluding steroid dienone is 3. The summed E-state index contributed by atoms with van der Waals surface area (Å²) < 4.78 is 5.35. The quantitative estimate of drug-likeness (QED) is 0.731. The van der Waals surface area contributed by atoms with Crippen molar-refractivity contribution in [3.05, 3.63) is 52.8 Å². The maximum Gasteiger partial charge on any atom is 0.122 e. The minimum Gasteiger partial charge on any atom is -0.496 e. The van der Waals surface area contributed by atoms with Gasteiger partial charge in [0.05, 0.1) is 7.11 Å². The van der Waals surface area contributed by atoms with E-state index in [4.69, 9.17) is 16.3 Å². The van der Waals surface area contributed by atoms with Crippen LogP contribution in [0.15, 0.2) is 42.2 Å². The number of hydrogen-bond donors (Lipinski definition) is 0. The van der Waals surface area contributed by atoms with Crippen LogP contribution in [-0.2, 0) is 4.74 Å². The van der Waals surface area contributed by atoms with E-state index < -0.39 is 0 Å². The van der Waals surface area contributed by atoms with Crippen LogP contribution in [0.5, 0.6) is 0 Å². The molecular formula is C13H13ClO. The normalized spacial score (nSPS) is 15.6. The molecule has 0 aromatic heterocycles. The Labute approximate surface area is 95.0 Å². The summed E-state index contributed by atoms with van der Waals surface area (Å²) >= 11 is 5.97. The Morgan fingerprint density at radius 2 is 2.20 bits per heavy atom. The summed E-state index contributed by atoms with van der Waals surface area (Å²) in [6.07, 6.45) is 6.24. The summed E-state index contributed by atoms with van der Waals surface area (Å²) in [7, 11) is 1.70. The number of rotatable bonds is 2. The molecule has 78 valence electrons. The minimum atomic E-state index is 0.769. The first-order valence-electron chi connectivity index (χ1n) is 5.01. The lowest BCUT2D eigenvalue weighted by Crippen LogP contribution is -1.96. The smallest absolute Gasteiger partial charge is 0.122 e. The largest absolute Gasteiger partial charge is 0.496 e. The van der Waals surface area contributed by atoms with Gasteiger partial charge in [-0.15, -0.1) is 0 Å². The van der Waals surface area contributed by atoms with Gasteiger partial charge in [0.1, 0.15) is 5.76 Å². The van der Waals surface area contributed by atoms with E-state index in [1.807, 2.05) is 24.3 Å². The van der Waals surface area contributed by atoms with Crippen molar-refractivity contribution in [2.45, 2.75) is 12.8 Å². The Morgan fingerprint density at radius 1 is 1.33 bits per heavy atom. The average Bonchev–Trinajstić information content (AvgIpc) is 2.29. The molecule has 1 aliphatic rings. The fraction of sp³-hybridized carbons (Fsp3) is 0.231. The summed E-state index contributed by atoms with van der Waals surface area (Å²) in [4.78, 5) is 0. The SMILES string of the molecule is COC1=C(c2cccc(Cl)c2)CCC=C1. The van der Waals surface area contributed by atoms with Crippen molar-refractivity contribution in [1.29, 1.82) is 0 Å². The molecule has 0 amide bonds. The summed E-state index contributed by atoms with van der Waals surface area (Å²) in [6.45, 7) is 0. The van der Waals surface area contributed by atoms with Crippen LogP contribution < -0.4 is 0 Å². The van der Waals surface area contributed by atoms with E-state index in [1.165, 1.54) is 5.57 Å².